The summed E-state index contributed by atoms with van der Waals surface area (Å²) in [6, 6.07) is 0.394. The Morgan fingerprint density at radius 2 is 2.00 bits per heavy atom. The lowest BCUT2D eigenvalue weighted by molar-refractivity contribution is -0.0223. The fraction of sp³-hybridized carbons (Fsp3) is 0.800. The van der Waals surface area contributed by atoms with Gasteiger partial charge in [0.15, 0.2) is 0 Å². The second kappa shape index (κ2) is 6.52. The molecule has 20 heavy (non-hydrogen) atoms. The van der Waals surface area contributed by atoms with Gasteiger partial charge in [0, 0.05) is 36.0 Å². The topological polar surface area (TPSA) is 37.4 Å². The molecule has 0 spiro atoms. The van der Waals surface area contributed by atoms with Gasteiger partial charge in [-0.25, -0.2) is 4.98 Å². The van der Waals surface area contributed by atoms with Gasteiger partial charge in [-0.3, -0.25) is 4.90 Å². The van der Waals surface area contributed by atoms with Gasteiger partial charge in [-0.15, -0.1) is 11.3 Å². The Labute approximate surface area is 126 Å². The highest BCUT2D eigenvalue weighted by Crippen LogP contribution is 2.25. The maximum atomic E-state index is 5.47. The number of morpholine rings is 1. The summed E-state index contributed by atoms with van der Waals surface area (Å²) in [6.07, 6.45) is 0.986. The normalized spacial score (nSPS) is 19.2. The van der Waals surface area contributed by atoms with Crippen molar-refractivity contribution in [3.63, 3.8) is 0 Å². The van der Waals surface area contributed by atoms with Crippen molar-refractivity contribution in [1.82, 2.24) is 15.2 Å². The number of aryl methyl sites for hydroxylation is 2. The first-order chi connectivity index (χ1) is 9.45. The van der Waals surface area contributed by atoms with Crippen LogP contribution in [-0.4, -0.2) is 54.8 Å². The lowest BCUT2D eigenvalue weighted by Gasteiger charge is -2.45. The Balaban J connectivity index is 2.09. The number of hydrogen-bond donors (Lipinski definition) is 1. The van der Waals surface area contributed by atoms with E-state index in [4.69, 9.17) is 9.72 Å². The van der Waals surface area contributed by atoms with Crippen molar-refractivity contribution in [2.24, 2.45) is 0 Å². The zero-order valence-electron chi connectivity index (χ0n) is 13.3. The van der Waals surface area contributed by atoms with Crippen LogP contribution in [0.25, 0.3) is 0 Å². The third kappa shape index (κ3) is 3.39. The molecule has 1 aromatic heterocycles. The molecule has 4 nitrogen and oxygen atoms in total. The molecule has 0 bridgehead atoms. The van der Waals surface area contributed by atoms with Crippen LogP contribution in [0.1, 0.15) is 29.4 Å². The summed E-state index contributed by atoms with van der Waals surface area (Å²) in [5.74, 6) is 0. The zero-order valence-corrected chi connectivity index (χ0v) is 14.1. The maximum absolute atomic E-state index is 5.47. The molecule has 1 unspecified atom stereocenters. The highest BCUT2D eigenvalue weighted by Gasteiger charge is 2.35. The van der Waals surface area contributed by atoms with Crippen LogP contribution in [0.4, 0.5) is 0 Å². The van der Waals surface area contributed by atoms with Gasteiger partial charge >= 0.3 is 0 Å². The number of likely N-dealkylation sites (N-methyl/N-ethyl adjacent to an activating group) is 1. The van der Waals surface area contributed by atoms with Gasteiger partial charge in [0.05, 0.1) is 23.9 Å². The van der Waals surface area contributed by atoms with E-state index in [0.717, 1.165) is 32.7 Å². The Bertz CT molecular complexity index is 419. The molecule has 0 aliphatic carbocycles. The lowest BCUT2D eigenvalue weighted by Crippen LogP contribution is -2.60. The number of nitrogens with zero attached hydrogens (tertiary/aromatic N) is 2. The summed E-state index contributed by atoms with van der Waals surface area (Å²) in [5.41, 5.74) is 1.27. The number of hydrogen-bond acceptors (Lipinski definition) is 5. The molecule has 0 radical (unpaired) electrons. The molecule has 1 N–H and O–H groups in total. The first kappa shape index (κ1) is 15.9. The number of thiazole rings is 1. The molecule has 114 valence electrons. The minimum Gasteiger partial charge on any atom is -0.379 e. The molecule has 1 atom stereocenters. The van der Waals surface area contributed by atoms with E-state index in [0.29, 0.717) is 6.04 Å². The number of rotatable bonds is 5. The van der Waals surface area contributed by atoms with E-state index in [9.17, 15) is 0 Å². The second-order valence-electron chi connectivity index (χ2n) is 6.05. The van der Waals surface area contributed by atoms with E-state index < -0.39 is 0 Å². The average molecular weight is 297 g/mol. The van der Waals surface area contributed by atoms with E-state index >= 15 is 0 Å². The molecule has 1 aliphatic heterocycles. The Morgan fingerprint density at radius 1 is 1.35 bits per heavy atom. The van der Waals surface area contributed by atoms with Crippen molar-refractivity contribution in [3.8, 4) is 0 Å². The lowest BCUT2D eigenvalue weighted by atomic mass is 9.89. The molecule has 1 fully saturated rings. The van der Waals surface area contributed by atoms with Crippen molar-refractivity contribution < 1.29 is 4.74 Å². The summed E-state index contributed by atoms with van der Waals surface area (Å²) in [4.78, 5) is 8.56. The van der Waals surface area contributed by atoms with Crippen molar-refractivity contribution in [2.45, 2.75) is 45.7 Å². The quantitative estimate of drug-likeness (QED) is 0.902. The van der Waals surface area contributed by atoms with Gasteiger partial charge in [-0.1, -0.05) is 0 Å². The molecular formula is C15H27N3OS. The summed E-state index contributed by atoms with van der Waals surface area (Å²) < 4.78 is 5.47. The zero-order chi connectivity index (χ0) is 14.8. The van der Waals surface area contributed by atoms with Crippen LogP contribution in [0, 0.1) is 13.8 Å². The highest BCUT2D eigenvalue weighted by molar-refractivity contribution is 7.11. The standard InChI is InChI=1S/C15H27N3OS/c1-11-12(2)20-14(17-11)10-13(16-5)15(3,4)18-6-8-19-9-7-18/h13,16H,6-10H2,1-5H3. The molecule has 1 saturated heterocycles. The van der Waals surface area contributed by atoms with Crippen molar-refractivity contribution in [2.75, 3.05) is 33.4 Å². The minimum absolute atomic E-state index is 0.103. The summed E-state index contributed by atoms with van der Waals surface area (Å²) >= 11 is 1.83. The van der Waals surface area contributed by atoms with Gasteiger partial charge in [-0.2, -0.15) is 0 Å². The van der Waals surface area contributed by atoms with Crippen molar-refractivity contribution in [1.29, 1.82) is 0 Å². The summed E-state index contributed by atoms with van der Waals surface area (Å²) in [7, 11) is 2.06. The molecule has 1 aliphatic rings. The van der Waals surface area contributed by atoms with Crippen LogP contribution >= 0.6 is 11.3 Å². The van der Waals surface area contributed by atoms with Crippen LogP contribution in [0.5, 0.6) is 0 Å². The van der Waals surface area contributed by atoms with Crippen LogP contribution in [0.15, 0.2) is 0 Å². The third-order valence-corrected chi connectivity index (χ3v) is 5.57. The second-order valence-corrected chi connectivity index (χ2v) is 7.34. The predicted octanol–water partition coefficient (Wildman–Crippen LogP) is 2.00. The van der Waals surface area contributed by atoms with Gasteiger partial charge < -0.3 is 10.1 Å². The number of nitrogens with one attached hydrogen (secondary N) is 1. The van der Waals surface area contributed by atoms with Crippen molar-refractivity contribution >= 4 is 11.3 Å². The summed E-state index contributed by atoms with van der Waals surface area (Å²) in [5, 5.41) is 4.74. The Morgan fingerprint density at radius 3 is 2.50 bits per heavy atom. The van der Waals surface area contributed by atoms with E-state index in [1.165, 1.54) is 15.6 Å². The Kier molecular flexibility index (Phi) is 5.18. The Hall–Kier alpha value is -0.490. The van der Waals surface area contributed by atoms with E-state index in [1.807, 2.05) is 11.3 Å². The van der Waals surface area contributed by atoms with Gasteiger partial charge in [0.25, 0.3) is 0 Å². The van der Waals surface area contributed by atoms with Crippen molar-refractivity contribution in [3.05, 3.63) is 15.6 Å². The minimum atomic E-state index is 0.103. The first-order valence-electron chi connectivity index (χ1n) is 7.38. The molecule has 0 aromatic carbocycles. The largest absolute Gasteiger partial charge is 0.379 e. The third-order valence-electron chi connectivity index (χ3n) is 4.48. The monoisotopic (exact) mass is 297 g/mol. The van der Waals surface area contributed by atoms with Gasteiger partial charge in [0.2, 0.25) is 0 Å². The molecule has 0 amide bonds. The smallest absolute Gasteiger partial charge is 0.0947 e. The SMILES string of the molecule is CNC(Cc1nc(C)c(C)s1)C(C)(C)N1CCOCC1. The van der Waals surface area contributed by atoms with Crippen LogP contribution in [-0.2, 0) is 11.2 Å². The molecule has 1 aromatic rings. The molecule has 0 saturated carbocycles. The fourth-order valence-electron chi connectivity index (χ4n) is 2.87. The number of ether oxygens (including phenoxy) is 1. The molecule has 2 rings (SSSR count). The van der Waals surface area contributed by atoms with Crippen LogP contribution < -0.4 is 5.32 Å². The van der Waals surface area contributed by atoms with Gasteiger partial charge in [0.1, 0.15) is 0 Å². The van der Waals surface area contributed by atoms with Gasteiger partial charge in [-0.05, 0) is 34.7 Å². The highest BCUT2D eigenvalue weighted by atomic mass is 32.1. The number of aromatic nitrogens is 1. The average Bonchev–Trinajstić information content (AvgIpc) is 2.75. The van der Waals surface area contributed by atoms with Crippen LogP contribution in [0.2, 0.25) is 0 Å². The summed E-state index contributed by atoms with van der Waals surface area (Å²) in [6.45, 7) is 12.6. The molecule has 5 heteroatoms. The first-order valence-corrected chi connectivity index (χ1v) is 8.19. The van der Waals surface area contributed by atoms with E-state index in [-0.39, 0.29) is 5.54 Å². The molecular weight excluding hydrogens is 270 g/mol. The predicted molar refractivity (Wildman–Crippen MR) is 84.6 cm³/mol. The fourth-order valence-corrected chi connectivity index (χ4v) is 3.85. The molecule has 2 heterocycles. The maximum Gasteiger partial charge on any atom is 0.0947 e. The van der Waals surface area contributed by atoms with Crippen LogP contribution in [0.3, 0.4) is 0 Å². The van der Waals surface area contributed by atoms with E-state index in [1.54, 1.807) is 0 Å². The van der Waals surface area contributed by atoms with E-state index in [2.05, 4.69) is 45.0 Å².